The molecule has 8 rings (SSSR count). The number of hydrogen-bond donors (Lipinski definition) is 17. The lowest BCUT2D eigenvalue weighted by molar-refractivity contribution is -0.175. The van der Waals surface area contributed by atoms with Crippen LogP contribution in [0.3, 0.4) is 0 Å². The Balaban J connectivity index is 0.711. The minimum Gasteiger partial charge on any atom is -0.508 e. The molecule has 0 aromatic heterocycles. The molecule has 33 nitrogen and oxygen atoms in total. The van der Waals surface area contributed by atoms with Crippen LogP contribution < -0.4 is 69.5 Å². The first kappa shape index (κ1) is 97.2. The quantitative estimate of drug-likeness (QED) is 0.0334. The molecule has 6 aliphatic rings. The summed E-state index contributed by atoms with van der Waals surface area (Å²) in [4.78, 5) is 157. The average Bonchev–Trinajstić information content (AvgIpc) is 1.45. The Bertz CT molecular complexity index is 3650. The van der Waals surface area contributed by atoms with E-state index in [-0.39, 0.29) is 187 Å². The SMILES string of the molecule is CC(C)CC(NC(=O)[C@H](Cc1ccccc1)NC(=O)CNC(=O)CNC(=O)[C@@H](N)Cc1ccc(O)cc1)C(=O)NCCCC[C@H](NC(=O)COCCOCCNC(=O)COCCOCCNC(=O)CC[C@H](C)[C@H]1CC[C@H]2[C@@H]3CC[C@@H]4C[C@H](O)CC[C@]4(C)[C@H]3C[C@H](O)[C@]12C)C(=O)N[C@@H](CCCCNC(=O)CCCC[C@@H]1SC[C@@H]2NC(=O)N[C@@H]21)C(=O)O. The number of unbranched alkanes of at least 4 members (excludes halogenated alkanes) is 3. The molecule has 2 aliphatic heterocycles. The fourth-order valence-corrected chi connectivity index (χ4v) is 20.4. The molecule has 670 valence electrons. The van der Waals surface area contributed by atoms with E-state index >= 15 is 0 Å². The first-order valence-corrected chi connectivity index (χ1v) is 44.5. The van der Waals surface area contributed by atoms with Gasteiger partial charge in [-0.3, -0.25) is 47.9 Å². The van der Waals surface area contributed by atoms with Crippen molar-refractivity contribution in [2.75, 3.05) is 97.9 Å². The van der Waals surface area contributed by atoms with Gasteiger partial charge in [0.15, 0.2) is 0 Å². The molecule has 2 aromatic rings. The van der Waals surface area contributed by atoms with Crippen molar-refractivity contribution >= 4 is 82.8 Å². The summed E-state index contributed by atoms with van der Waals surface area (Å²) in [7, 11) is 0. The van der Waals surface area contributed by atoms with Crippen molar-refractivity contribution in [2.24, 2.45) is 58.0 Å². The standard InChI is InChI=1S/C86H135N13O20S/c1-53(2)43-67(97-82(112)68(45-55-15-7-6-8-16-55)95-75(106)49-92-74(105)48-93-79(109)64(87)44-56-22-25-58(100)26-23-56)80(110)91-34-14-11-17-65(81(111)96-66(83(113)114)18-12-13-33-88-72(103)20-10-9-19-70-78-69(52-120-70)98-84(115)99-78)94-77(108)51-119-42-40-117-38-36-90-76(107)50-118-41-39-116-37-35-89-73(104)30-21-54(3)61-28-29-62-60-27-24-57-46-59(101)31-32-85(57,4)63(60)47-71(102)86(61,62)5/h6-8,15-16,22-23,25-26,53-54,57,59-71,78,100-102H,9-14,17-21,24,27-52,87H2,1-5H3,(H,88,103)(H,89,104)(H,90,107)(H,91,110)(H,92,105)(H,93,109)(H,94,108)(H,95,106)(H,96,111)(H,97,112)(H,113,114)(H2,98,99,115)/t54-,57+,59+,60-,61+,62-,63-,64-,65-,66-,67?,68-,69-,70-,71-,78-,85-,86+/m0/s1. The third-order valence-electron chi connectivity index (χ3n) is 25.4. The maximum absolute atomic E-state index is 14.1. The second-order valence-electron chi connectivity index (χ2n) is 34.4. The number of carbonyl (C=O) groups excluding carboxylic acids is 11. The molecule has 120 heavy (non-hydrogen) atoms. The number of nitrogens with two attached hydrogens (primary N) is 1. The van der Waals surface area contributed by atoms with Gasteiger partial charge in [-0.1, -0.05) is 83.5 Å². The molecule has 2 saturated heterocycles. The van der Waals surface area contributed by atoms with Gasteiger partial charge in [0.05, 0.1) is 83.1 Å². The van der Waals surface area contributed by atoms with E-state index in [4.69, 9.17) is 24.7 Å². The molecule has 12 amide bonds. The zero-order valence-corrected chi connectivity index (χ0v) is 71.5. The molecule has 18 N–H and O–H groups in total. The fourth-order valence-electron chi connectivity index (χ4n) is 18.9. The monoisotopic (exact) mass is 1700 g/mol. The number of hydrogen-bond acceptors (Lipinski definition) is 21. The molecule has 2 aromatic carbocycles. The highest BCUT2D eigenvalue weighted by Gasteiger charge is 2.64. The summed E-state index contributed by atoms with van der Waals surface area (Å²) in [5, 5.41) is 75.3. The molecule has 4 aliphatic carbocycles. The van der Waals surface area contributed by atoms with Gasteiger partial charge in [-0.25, -0.2) is 9.59 Å². The lowest BCUT2D eigenvalue weighted by Gasteiger charge is -2.62. The van der Waals surface area contributed by atoms with Crippen LogP contribution in [0.15, 0.2) is 54.6 Å². The average molecular weight is 1700 g/mol. The number of benzene rings is 2. The van der Waals surface area contributed by atoms with Crippen LogP contribution >= 0.6 is 11.8 Å². The second-order valence-corrected chi connectivity index (χ2v) is 35.7. The number of aliphatic hydroxyl groups is 2. The third-order valence-corrected chi connectivity index (χ3v) is 26.9. The molecular formula is C86H135N13O20S. The number of phenols is 1. The maximum Gasteiger partial charge on any atom is 0.326 e. The van der Waals surface area contributed by atoms with Crippen molar-refractivity contribution in [3.63, 3.8) is 0 Å². The van der Waals surface area contributed by atoms with Gasteiger partial charge in [0.2, 0.25) is 59.1 Å². The molecule has 0 radical (unpaired) electrons. The van der Waals surface area contributed by atoms with E-state index in [0.717, 1.165) is 63.5 Å². The smallest absolute Gasteiger partial charge is 0.326 e. The Morgan fingerprint density at radius 1 is 0.550 bits per heavy atom. The van der Waals surface area contributed by atoms with Gasteiger partial charge in [-0.2, -0.15) is 11.8 Å². The number of aromatic hydroxyl groups is 1. The molecule has 0 bridgehead atoms. The van der Waals surface area contributed by atoms with Gasteiger partial charge >= 0.3 is 12.0 Å². The Hall–Kier alpha value is -8.25. The molecule has 18 atom stereocenters. The van der Waals surface area contributed by atoms with E-state index < -0.39 is 97.2 Å². The topological polar surface area (TPSA) is 493 Å². The van der Waals surface area contributed by atoms with Gasteiger partial charge < -0.3 is 109 Å². The van der Waals surface area contributed by atoms with Crippen molar-refractivity contribution < 1.29 is 96.9 Å². The fraction of sp³-hybridized carbons (Fsp3) is 0.721. The molecule has 2 heterocycles. The van der Waals surface area contributed by atoms with Crippen LogP contribution in [0.5, 0.6) is 5.75 Å². The van der Waals surface area contributed by atoms with Gasteiger partial charge in [-0.05, 0) is 198 Å². The van der Waals surface area contributed by atoms with Crippen molar-refractivity contribution in [1.82, 2.24) is 63.8 Å². The normalized spacial score (nSPS) is 24.8. The number of carbonyl (C=O) groups is 12. The summed E-state index contributed by atoms with van der Waals surface area (Å²) < 4.78 is 22.2. The Kier molecular flexibility index (Phi) is 40.3. The van der Waals surface area contributed by atoms with E-state index in [0.29, 0.717) is 85.3 Å². The molecule has 4 saturated carbocycles. The number of urea groups is 1. The van der Waals surface area contributed by atoms with Gasteiger partial charge in [0.1, 0.15) is 43.1 Å². The van der Waals surface area contributed by atoms with Crippen LogP contribution in [0.1, 0.15) is 181 Å². The largest absolute Gasteiger partial charge is 0.508 e. The molecule has 34 heteroatoms. The first-order valence-electron chi connectivity index (χ1n) is 43.5. The number of carboxylic acids is 1. The highest BCUT2D eigenvalue weighted by molar-refractivity contribution is 8.00. The number of rotatable bonds is 54. The lowest BCUT2D eigenvalue weighted by atomic mass is 9.43. The molecule has 6 fully saturated rings. The predicted octanol–water partition coefficient (Wildman–Crippen LogP) is 2.81. The summed E-state index contributed by atoms with van der Waals surface area (Å²) in [6, 6.07) is 9.12. The molecule has 1 unspecified atom stereocenters. The van der Waals surface area contributed by atoms with Gasteiger partial charge in [-0.15, -0.1) is 0 Å². The highest BCUT2D eigenvalue weighted by atomic mass is 32.2. The zero-order valence-electron chi connectivity index (χ0n) is 70.7. The maximum atomic E-state index is 14.1. The number of thioether (sulfide) groups is 1. The van der Waals surface area contributed by atoms with E-state index in [2.05, 4.69) is 84.6 Å². The number of ether oxygens (including phenoxy) is 4. The summed E-state index contributed by atoms with van der Waals surface area (Å²) in [5.41, 5.74) is 7.41. The molecule has 0 spiro atoms. The number of fused-ring (bicyclic) bond motifs is 6. The number of carboxylic acid groups (broad SMARTS) is 1. The summed E-state index contributed by atoms with van der Waals surface area (Å²) in [5.74, 6) is -3.05. The Morgan fingerprint density at radius 2 is 1.17 bits per heavy atom. The highest BCUT2D eigenvalue weighted by Crippen LogP contribution is 2.68. The number of aliphatic hydroxyl groups excluding tert-OH is 2. The van der Waals surface area contributed by atoms with Crippen LogP contribution in [-0.2, 0) is 84.5 Å². The van der Waals surface area contributed by atoms with E-state index in [1.54, 1.807) is 42.5 Å². The van der Waals surface area contributed by atoms with E-state index in [1.165, 1.54) is 25.0 Å². The number of aliphatic carboxylic acids is 1. The minimum absolute atomic E-state index is 0.00164. The summed E-state index contributed by atoms with van der Waals surface area (Å²) >= 11 is 1.81. The van der Waals surface area contributed by atoms with Crippen LogP contribution in [-0.4, -0.2) is 249 Å². The number of amides is 12. The van der Waals surface area contributed by atoms with Crippen LogP contribution in [0, 0.1) is 52.3 Å². The van der Waals surface area contributed by atoms with Gasteiger partial charge in [0.25, 0.3) is 0 Å². The Labute approximate surface area is 709 Å². The lowest BCUT2D eigenvalue weighted by Crippen LogP contribution is -2.58. The van der Waals surface area contributed by atoms with Crippen LogP contribution in [0.25, 0.3) is 0 Å². The van der Waals surface area contributed by atoms with Crippen LogP contribution in [0.2, 0.25) is 0 Å². The van der Waals surface area contributed by atoms with Crippen molar-refractivity contribution in [1.29, 1.82) is 0 Å². The van der Waals surface area contributed by atoms with E-state index in [9.17, 15) is 78.0 Å². The van der Waals surface area contributed by atoms with Crippen molar-refractivity contribution in [3.8, 4) is 5.75 Å². The van der Waals surface area contributed by atoms with Crippen molar-refractivity contribution in [2.45, 2.75) is 242 Å². The van der Waals surface area contributed by atoms with Crippen LogP contribution in [0.4, 0.5) is 4.79 Å². The third kappa shape index (κ3) is 31.0. The second kappa shape index (κ2) is 49.7. The zero-order chi connectivity index (χ0) is 86.7. The number of nitrogens with one attached hydrogen (secondary N) is 12. The van der Waals surface area contributed by atoms with Gasteiger partial charge in [0, 0.05) is 56.4 Å². The summed E-state index contributed by atoms with van der Waals surface area (Å²) in [6.07, 6.45) is 13.0. The molecular weight excluding hydrogens is 1570 g/mol. The first-order chi connectivity index (χ1) is 57.5. The Morgan fingerprint density at radius 3 is 1.87 bits per heavy atom. The van der Waals surface area contributed by atoms with E-state index in [1.807, 2.05) is 25.6 Å². The number of phenolic OH excluding ortho intramolecular Hbond substituents is 1. The summed E-state index contributed by atoms with van der Waals surface area (Å²) in [6.45, 7) is 10.5. The predicted molar refractivity (Wildman–Crippen MR) is 449 cm³/mol. The minimum atomic E-state index is -1.35. The van der Waals surface area contributed by atoms with Crippen molar-refractivity contribution in [3.05, 3.63) is 65.7 Å².